The zero-order valence-electron chi connectivity index (χ0n) is 14.1. The van der Waals surface area contributed by atoms with Gasteiger partial charge in [0.2, 0.25) is 0 Å². The Morgan fingerprint density at radius 2 is 1.24 bits per heavy atom. The van der Waals surface area contributed by atoms with Gasteiger partial charge in [0, 0.05) is 7.11 Å². The Bertz CT molecular complexity index is 1160. The molecule has 0 aliphatic heterocycles. The predicted octanol–water partition coefficient (Wildman–Crippen LogP) is 6.32. The van der Waals surface area contributed by atoms with Gasteiger partial charge in [0.15, 0.2) is 0 Å². The number of rotatable bonds is 3. The van der Waals surface area contributed by atoms with Crippen LogP contribution in [-0.2, 0) is 4.74 Å². The van der Waals surface area contributed by atoms with Crippen molar-refractivity contribution >= 4 is 32.3 Å². The molecule has 1 unspecified atom stereocenters. The average molecular weight is 322 g/mol. The lowest BCUT2D eigenvalue weighted by molar-refractivity contribution is 0.137. The number of hydrogen-bond donors (Lipinski definition) is 0. The molecular formula is C24H18O. The lowest BCUT2D eigenvalue weighted by atomic mass is 9.89. The van der Waals surface area contributed by atoms with Gasteiger partial charge >= 0.3 is 0 Å². The Morgan fingerprint density at radius 3 is 1.96 bits per heavy atom. The van der Waals surface area contributed by atoms with Gasteiger partial charge in [0.25, 0.3) is 0 Å². The highest BCUT2D eigenvalue weighted by Gasteiger charge is 2.18. The van der Waals surface area contributed by atoms with Crippen molar-refractivity contribution in [2.24, 2.45) is 0 Å². The normalized spacial score (nSPS) is 13.0. The fourth-order valence-electron chi connectivity index (χ4n) is 4.06. The van der Waals surface area contributed by atoms with E-state index >= 15 is 0 Å². The molecule has 0 N–H and O–H groups in total. The van der Waals surface area contributed by atoms with E-state index < -0.39 is 0 Å². The van der Waals surface area contributed by atoms with Crippen LogP contribution in [0.4, 0.5) is 0 Å². The third kappa shape index (κ3) is 2.13. The molecule has 25 heavy (non-hydrogen) atoms. The number of ether oxygens (including phenoxy) is 1. The first-order valence-electron chi connectivity index (χ1n) is 8.61. The van der Waals surface area contributed by atoms with Gasteiger partial charge in [-0.3, -0.25) is 0 Å². The Hall–Kier alpha value is -2.90. The number of benzene rings is 5. The molecule has 1 atom stereocenters. The van der Waals surface area contributed by atoms with Crippen molar-refractivity contribution in [3.05, 3.63) is 96.1 Å². The molecule has 0 saturated heterocycles. The maximum atomic E-state index is 5.91. The summed E-state index contributed by atoms with van der Waals surface area (Å²) in [4.78, 5) is 0. The molecule has 0 aliphatic rings. The molecule has 0 spiro atoms. The van der Waals surface area contributed by atoms with Gasteiger partial charge < -0.3 is 4.74 Å². The maximum Gasteiger partial charge on any atom is 0.108 e. The monoisotopic (exact) mass is 322 g/mol. The van der Waals surface area contributed by atoms with Crippen LogP contribution < -0.4 is 0 Å². The van der Waals surface area contributed by atoms with E-state index in [2.05, 4.69) is 78.9 Å². The second kappa shape index (κ2) is 5.58. The van der Waals surface area contributed by atoms with E-state index in [1.807, 2.05) is 6.07 Å². The van der Waals surface area contributed by atoms with Crippen molar-refractivity contribution < 1.29 is 4.74 Å². The van der Waals surface area contributed by atoms with Crippen molar-refractivity contribution in [3.63, 3.8) is 0 Å². The molecule has 0 fully saturated rings. The van der Waals surface area contributed by atoms with E-state index in [0.717, 1.165) is 0 Å². The van der Waals surface area contributed by atoms with Gasteiger partial charge in [-0.2, -0.15) is 0 Å². The van der Waals surface area contributed by atoms with Crippen LogP contribution in [0, 0.1) is 0 Å². The van der Waals surface area contributed by atoms with E-state index in [1.165, 1.54) is 43.4 Å². The number of hydrogen-bond acceptors (Lipinski definition) is 1. The molecular weight excluding hydrogens is 304 g/mol. The van der Waals surface area contributed by atoms with Crippen LogP contribution in [-0.4, -0.2) is 7.11 Å². The van der Waals surface area contributed by atoms with Gasteiger partial charge in [0.1, 0.15) is 6.10 Å². The van der Waals surface area contributed by atoms with Crippen LogP contribution in [0.2, 0.25) is 0 Å². The molecule has 0 radical (unpaired) electrons. The van der Waals surface area contributed by atoms with E-state index in [1.54, 1.807) is 7.11 Å². The van der Waals surface area contributed by atoms with Crippen LogP contribution in [0.15, 0.2) is 84.9 Å². The molecule has 120 valence electrons. The van der Waals surface area contributed by atoms with Gasteiger partial charge in [0.05, 0.1) is 0 Å². The standard InChI is InChI=1S/C24H18O/c1-25-24(19-6-3-2-4-7-19)21-15-13-18-11-10-16-8-5-9-17-12-14-20(21)23(18)22(16)17/h2-15,24H,1H3. The van der Waals surface area contributed by atoms with Gasteiger partial charge in [-0.15, -0.1) is 0 Å². The van der Waals surface area contributed by atoms with E-state index in [9.17, 15) is 0 Å². The smallest absolute Gasteiger partial charge is 0.108 e. The largest absolute Gasteiger partial charge is 0.372 e. The quantitative estimate of drug-likeness (QED) is 0.353. The summed E-state index contributed by atoms with van der Waals surface area (Å²) in [7, 11) is 1.79. The highest BCUT2D eigenvalue weighted by atomic mass is 16.5. The summed E-state index contributed by atoms with van der Waals surface area (Å²) in [5, 5.41) is 7.83. The van der Waals surface area contributed by atoms with Crippen LogP contribution in [0.3, 0.4) is 0 Å². The Labute approximate surface area is 146 Å². The van der Waals surface area contributed by atoms with E-state index in [-0.39, 0.29) is 6.10 Å². The van der Waals surface area contributed by atoms with Crippen LogP contribution in [0.1, 0.15) is 17.2 Å². The second-order valence-electron chi connectivity index (χ2n) is 6.54. The molecule has 0 heterocycles. The first-order chi connectivity index (χ1) is 12.4. The molecule has 5 rings (SSSR count). The molecule has 0 aromatic heterocycles. The molecule has 0 aliphatic carbocycles. The van der Waals surface area contributed by atoms with Crippen molar-refractivity contribution in [1.82, 2.24) is 0 Å². The summed E-state index contributed by atoms with van der Waals surface area (Å²) in [5.74, 6) is 0. The molecule has 1 heteroatoms. The summed E-state index contributed by atoms with van der Waals surface area (Å²) in [6.07, 6.45) is -0.0641. The van der Waals surface area contributed by atoms with Crippen LogP contribution >= 0.6 is 0 Å². The minimum absolute atomic E-state index is 0.0641. The topological polar surface area (TPSA) is 9.23 Å². The first-order valence-corrected chi connectivity index (χ1v) is 8.61. The lowest BCUT2D eigenvalue weighted by Gasteiger charge is -2.20. The molecule has 5 aromatic rings. The summed E-state index contributed by atoms with van der Waals surface area (Å²) >= 11 is 0. The summed E-state index contributed by atoms with van der Waals surface area (Å²) < 4.78 is 5.91. The first kappa shape index (κ1) is 14.4. The highest BCUT2D eigenvalue weighted by molar-refractivity contribution is 6.23. The summed E-state index contributed by atoms with van der Waals surface area (Å²) in [5.41, 5.74) is 2.40. The van der Waals surface area contributed by atoms with Crippen LogP contribution in [0.25, 0.3) is 32.3 Å². The van der Waals surface area contributed by atoms with Crippen molar-refractivity contribution in [3.8, 4) is 0 Å². The Morgan fingerprint density at radius 1 is 0.600 bits per heavy atom. The second-order valence-corrected chi connectivity index (χ2v) is 6.54. The summed E-state index contributed by atoms with van der Waals surface area (Å²) in [6.45, 7) is 0. The SMILES string of the molecule is COC(c1ccccc1)c1ccc2ccc3cccc4ccc1c2c34. The Balaban J connectivity index is 1.87. The minimum Gasteiger partial charge on any atom is -0.372 e. The fraction of sp³-hybridized carbons (Fsp3) is 0.0833. The average Bonchev–Trinajstić information content (AvgIpc) is 2.68. The summed E-state index contributed by atoms with van der Waals surface area (Å²) in [6, 6.07) is 30.3. The molecule has 5 aromatic carbocycles. The van der Waals surface area contributed by atoms with Crippen LogP contribution in [0.5, 0.6) is 0 Å². The lowest BCUT2D eigenvalue weighted by Crippen LogP contribution is -2.04. The molecule has 0 saturated carbocycles. The van der Waals surface area contributed by atoms with Gasteiger partial charge in [-0.25, -0.2) is 0 Å². The van der Waals surface area contributed by atoms with Crippen molar-refractivity contribution in [1.29, 1.82) is 0 Å². The molecule has 1 nitrogen and oxygen atoms in total. The maximum absolute atomic E-state index is 5.91. The van der Waals surface area contributed by atoms with Crippen molar-refractivity contribution in [2.45, 2.75) is 6.10 Å². The predicted molar refractivity (Wildman–Crippen MR) is 105 cm³/mol. The third-order valence-electron chi connectivity index (χ3n) is 5.18. The number of methoxy groups -OCH3 is 1. The molecule has 0 amide bonds. The zero-order chi connectivity index (χ0) is 16.8. The Kier molecular flexibility index (Phi) is 3.22. The zero-order valence-corrected chi connectivity index (χ0v) is 14.1. The third-order valence-corrected chi connectivity index (χ3v) is 5.18. The fourth-order valence-corrected chi connectivity index (χ4v) is 4.06. The molecule has 0 bridgehead atoms. The van der Waals surface area contributed by atoms with Gasteiger partial charge in [-0.1, -0.05) is 84.9 Å². The van der Waals surface area contributed by atoms with E-state index in [0.29, 0.717) is 0 Å². The van der Waals surface area contributed by atoms with Gasteiger partial charge in [-0.05, 0) is 43.4 Å². The van der Waals surface area contributed by atoms with Crippen molar-refractivity contribution in [2.75, 3.05) is 7.11 Å². The van der Waals surface area contributed by atoms with E-state index in [4.69, 9.17) is 4.74 Å². The highest BCUT2D eigenvalue weighted by Crippen LogP contribution is 2.39. The minimum atomic E-state index is -0.0641.